The average Bonchev–Trinajstić information content (AvgIpc) is 3.11. The smallest absolute Gasteiger partial charge is 0.256 e. The Balaban J connectivity index is 1.73. The molecule has 2 heterocycles. The van der Waals surface area contributed by atoms with Crippen molar-refractivity contribution in [2.45, 2.75) is 25.0 Å². The zero-order valence-corrected chi connectivity index (χ0v) is 12.8. The number of carbonyl (C=O) groups excluding carboxylic acids is 1. The third kappa shape index (κ3) is 3.04. The molecule has 1 aromatic carbocycles. The van der Waals surface area contributed by atoms with Crippen LogP contribution in [0.5, 0.6) is 0 Å². The summed E-state index contributed by atoms with van der Waals surface area (Å²) in [6.07, 6.45) is 5.25. The fraction of sp³-hybridized carbons (Fsp3) is 0.412. The first kappa shape index (κ1) is 14.8. The number of hydrogen-bond donors (Lipinski definition) is 0. The van der Waals surface area contributed by atoms with Gasteiger partial charge in [0.1, 0.15) is 0 Å². The van der Waals surface area contributed by atoms with E-state index in [-0.39, 0.29) is 11.9 Å². The Morgan fingerprint density at radius 3 is 2.82 bits per heavy atom. The lowest BCUT2D eigenvalue weighted by Crippen LogP contribution is -2.43. The summed E-state index contributed by atoms with van der Waals surface area (Å²) < 4.78 is 7.41. The summed E-state index contributed by atoms with van der Waals surface area (Å²) in [5.41, 5.74) is 0.899. The maximum atomic E-state index is 12.8. The van der Waals surface area contributed by atoms with Crippen molar-refractivity contribution in [1.29, 1.82) is 0 Å². The van der Waals surface area contributed by atoms with Crippen LogP contribution in [0.2, 0.25) is 0 Å². The lowest BCUT2D eigenvalue weighted by Gasteiger charge is -2.34. The van der Waals surface area contributed by atoms with Crippen LogP contribution in [0, 0.1) is 0 Å². The number of piperidine rings is 1. The summed E-state index contributed by atoms with van der Waals surface area (Å²) in [7, 11) is 1.59. The lowest BCUT2D eigenvalue weighted by atomic mass is 10.0. The van der Waals surface area contributed by atoms with Gasteiger partial charge in [-0.15, -0.1) is 0 Å². The Kier molecular flexibility index (Phi) is 4.53. The van der Waals surface area contributed by atoms with Crippen molar-refractivity contribution in [3.8, 4) is 0 Å². The molecule has 0 aliphatic carbocycles. The summed E-state index contributed by atoms with van der Waals surface area (Å²) in [4.78, 5) is 14.7. The van der Waals surface area contributed by atoms with Gasteiger partial charge in [-0.05, 0) is 24.5 Å². The van der Waals surface area contributed by atoms with Gasteiger partial charge < -0.3 is 9.64 Å². The van der Waals surface area contributed by atoms with Crippen molar-refractivity contribution in [1.82, 2.24) is 14.7 Å². The maximum absolute atomic E-state index is 12.8. The standard InChI is InChI=1S/C17H21N3O2/c1-22-16(14-7-3-2-4-8-14)17(21)19-11-5-9-15(13-19)20-12-6-10-18-20/h2-4,6-8,10,12,15-16H,5,9,11,13H2,1H3/t15-,16-/m0/s1. The molecule has 0 saturated carbocycles. The van der Waals surface area contributed by atoms with Crippen molar-refractivity contribution >= 4 is 5.91 Å². The van der Waals surface area contributed by atoms with Crippen molar-refractivity contribution in [3.63, 3.8) is 0 Å². The van der Waals surface area contributed by atoms with Gasteiger partial charge in [-0.25, -0.2) is 0 Å². The van der Waals surface area contributed by atoms with E-state index >= 15 is 0 Å². The highest BCUT2D eigenvalue weighted by molar-refractivity contribution is 5.82. The topological polar surface area (TPSA) is 47.4 Å². The molecule has 0 spiro atoms. The number of aromatic nitrogens is 2. The Morgan fingerprint density at radius 2 is 2.14 bits per heavy atom. The van der Waals surface area contributed by atoms with E-state index in [9.17, 15) is 4.79 Å². The van der Waals surface area contributed by atoms with Crippen molar-refractivity contribution in [3.05, 3.63) is 54.4 Å². The van der Waals surface area contributed by atoms with Crippen LogP contribution in [-0.4, -0.2) is 40.8 Å². The highest BCUT2D eigenvalue weighted by Gasteiger charge is 2.30. The fourth-order valence-electron chi connectivity index (χ4n) is 3.04. The Bertz CT molecular complexity index is 598. The molecule has 5 nitrogen and oxygen atoms in total. The molecule has 1 saturated heterocycles. The lowest BCUT2D eigenvalue weighted by molar-refractivity contribution is -0.144. The minimum Gasteiger partial charge on any atom is -0.367 e. The normalized spacial score (nSPS) is 19.9. The number of nitrogens with zero attached hydrogens (tertiary/aromatic N) is 3. The number of benzene rings is 1. The molecule has 0 bridgehead atoms. The molecule has 1 amide bonds. The van der Waals surface area contributed by atoms with Gasteiger partial charge in [0.25, 0.3) is 5.91 Å². The molecule has 1 aromatic heterocycles. The number of likely N-dealkylation sites (tertiary alicyclic amines) is 1. The predicted molar refractivity (Wildman–Crippen MR) is 83.3 cm³/mol. The molecular formula is C17H21N3O2. The van der Waals surface area contributed by atoms with E-state index in [1.165, 1.54) is 0 Å². The van der Waals surface area contributed by atoms with E-state index in [1.807, 2.05) is 52.2 Å². The van der Waals surface area contributed by atoms with Gasteiger partial charge in [-0.2, -0.15) is 5.10 Å². The quantitative estimate of drug-likeness (QED) is 0.871. The van der Waals surface area contributed by atoms with Gasteiger partial charge in [0, 0.05) is 32.6 Å². The average molecular weight is 299 g/mol. The van der Waals surface area contributed by atoms with Crippen LogP contribution in [0.15, 0.2) is 48.8 Å². The molecule has 1 aliphatic heterocycles. The van der Waals surface area contributed by atoms with E-state index in [0.29, 0.717) is 6.54 Å². The third-order valence-electron chi connectivity index (χ3n) is 4.17. The van der Waals surface area contributed by atoms with E-state index in [1.54, 1.807) is 13.3 Å². The van der Waals surface area contributed by atoms with Crippen LogP contribution in [0.1, 0.15) is 30.6 Å². The molecule has 5 heteroatoms. The molecule has 0 unspecified atom stereocenters. The van der Waals surface area contributed by atoms with Crippen molar-refractivity contribution in [2.75, 3.05) is 20.2 Å². The van der Waals surface area contributed by atoms with Gasteiger partial charge >= 0.3 is 0 Å². The molecule has 2 atom stereocenters. The first-order valence-corrected chi connectivity index (χ1v) is 7.65. The van der Waals surface area contributed by atoms with Crippen LogP contribution < -0.4 is 0 Å². The zero-order valence-electron chi connectivity index (χ0n) is 12.8. The molecule has 1 aliphatic rings. The summed E-state index contributed by atoms with van der Waals surface area (Å²) >= 11 is 0. The first-order chi connectivity index (χ1) is 10.8. The van der Waals surface area contributed by atoms with E-state index < -0.39 is 6.10 Å². The van der Waals surface area contributed by atoms with Crippen LogP contribution in [0.3, 0.4) is 0 Å². The largest absolute Gasteiger partial charge is 0.367 e. The monoisotopic (exact) mass is 299 g/mol. The van der Waals surface area contributed by atoms with E-state index in [0.717, 1.165) is 24.9 Å². The molecule has 22 heavy (non-hydrogen) atoms. The molecule has 116 valence electrons. The highest BCUT2D eigenvalue weighted by atomic mass is 16.5. The number of rotatable bonds is 4. The SMILES string of the molecule is CO[C@H](C(=O)N1CCC[C@H](n2cccn2)C1)c1ccccc1. The Hall–Kier alpha value is -2.14. The first-order valence-electron chi connectivity index (χ1n) is 7.65. The number of amides is 1. The van der Waals surface area contributed by atoms with Crippen LogP contribution >= 0.6 is 0 Å². The second kappa shape index (κ2) is 6.75. The number of carbonyl (C=O) groups is 1. The Labute approximate surface area is 130 Å². The van der Waals surface area contributed by atoms with Crippen molar-refractivity contribution < 1.29 is 9.53 Å². The van der Waals surface area contributed by atoms with Gasteiger partial charge in [0.15, 0.2) is 6.10 Å². The highest BCUT2D eigenvalue weighted by Crippen LogP contribution is 2.25. The van der Waals surface area contributed by atoms with Gasteiger partial charge in [0.2, 0.25) is 0 Å². The zero-order chi connectivity index (χ0) is 15.4. The van der Waals surface area contributed by atoms with Gasteiger partial charge in [0.05, 0.1) is 6.04 Å². The molecule has 2 aromatic rings. The van der Waals surface area contributed by atoms with Crippen molar-refractivity contribution in [2.24, 2.45) is 0 Å². The summed E-state index contributed by atoms with van der Waals surface area (Å²) in [6.45, 7) is 1.47. The molecular weight excluding hydrogens is 278 g/mol. The number of ether oxygens (including phenoxy) is 1. The van der Waals surface area contributed by atoms with Gasteiger partial charge in [-0.1, -0.05) is 30.3 Å². The summed E-state index contributed by atoms with van der Waals surface area (Å²) in [6, 6.07) is 11.8. The minimum atomic E-state index is -0.530. The molecule has 3 rings (SSSR count). The molecule has 1 fully saturated rings. The van der Waals surface area contributed by atoms with Crippen LogP contribution in [-0.2, 0) is 9.53 Å². The maximum Gasteiger partial charge on any atom is 0.256 e. The number of methoxy groups -OCH3 is 1. The Morgan fingerprint density at radius 1 is 1.32 bits per heavy atom. The van der Waals surface area contributed by atoms with Crippen LogP contribution in [0.25, 0.3) is 0 Å². The fourth-order valence-corrected chi connectivity index (χ4v) is 3.04. The molecule has 0 radical (unpaired) electrons. The number of hydrogen-bond acceptors (Lipinski definition) is 3. The van der Waals surface area contributed by atoms with E-state index in [4.69, 9.17) is 4.74 Å². The second-order valence-corrected chi connectivity index (χ2v) is 5.59. The third-order valence-corrected chi connectivity index (χ3v) is 4.17. The molecule has 0 N–H and O–H groups in total. The van der Waals surface area contributed by atoms with Gasteiger partial charge in [-0.3, -0.25) is 9.48 Å². The van der Waals surface area contributed by atoms with Crippen LogP contribution in [0.4, 0.5) is 0 Å². The van der Waals surface area contributed by atoms with E-state index in [2.05, 4.69) is 5.10 Å². The summed E-state index contributed by atoms with van der Waals surface area (Å²) in [5.74, 6) is 0.0329. The summed E-state index contributed by atoms with van der Waals surface area (Å²) in [5, 5.41) is 4.30. The minimum absolute atomic E-state index is 0.0329. The predicted octanol–water partition coefficient (Wildman–Crippen LogP) is 2.43. The second-order valence-electron chi connectivity index (χ2n) is 5.59.